The summed E-state index contributed by atoms with van der Waals surface area (Å²) in [5.74, 6) is 1.48. The normalized spacial score (nSPS) is 19.8. The topological polar surface area (TPSA) is 74.9 Å². The van der Waals surface area contributed by atoms with Crippen LogP contribution in [-0.4, -0.2) is 61.3 Å². The molecule has 2 aromatic rings. The predicted octanol–water partition coefficient (Wildman–Crippen LogP) is 3.72. The molecule has 1 aliphatic carbocycles. The number of hydrogen-bond acceptors (Lipinski definition) is 6. The minimum Gasteiger partial charge on any atom is -0.443 e. The van der Waals surface area contributed by atoms with Gasteiger partial charge in [0.2, 0.25) is 5.89 Å². The fourth-order valence-corrected chi connectivity index (χ4v) is 5.05. The number of halogens is 1. The van der Waals surface area contributed by atoms with Crippen LogP contribution in [0.1, 0.15) is 37.8 Å². The summed E-state index contributed by atoms with van der Waals surface area (Å²) in [6.45, 7) is 5.22. The predicted molar refractivity (Wildman–Crippen MR) is 132 cm³/mol. The molecule has 7 nitrogen and oxygen atoms in total. The van der Waals surface area contributed by atoms with Gasteiger partial charge in [0.1, 0.15) is 6.26 Å². The molecular weight excluding hydrogens is 513 g/mol. The molecule has 2 fully saturated rings. The van der Waals surface area contributed by atoms with Crippen molar-refractivity contribution in [2.45, 2.75) is 44.2 Å². The average Bonchev–Trinajstić information content (AvgIpc) is 3.47. The lowest BCUT2D eigenvalue weighted by Crippen LogP contribution is -2.60. The summed E-state index contributed by atoms with van der Waals surface area (Å²) >= 11 is 1.63. The monoisotopic (exact) mass is 545 g/mol. The molecule has 1 aliphatic heterocycles. The number of thiophene rings is 1. The molecule has 1 saturated heterocycles. The van der Waals surface area contributed by atoms with Gasteiger partial charge in [0.15, 0.2) is 5.96 Å². The number of nitrogens with one attached hydrogen (secondary N) is 2. The Labute approximate surface area is 199 Å². The molecule has 2 aromatic heterocycles. The van der Waals surface area contributed by atoms with Gasteiger partial charge in [-0.2, -0.15) is 0 Å². The molecule has 0 spiro atoms. The van der Waals surface area contributed by atoms with Gasteiger partial charge in [-0.15, -0.1) is 35.3 Å². The van der Waals surface area contributed by atoms with Crippen molar-refractivity contribution in [1.82, 2.24) is 20.5 Å². The van der Waals surface area contributed by atoms with E-state index in [2.05, 4.69) is 25.5 Å². The van der Waals surface area contributed by atoms with E-state index in [1.54, 1.807) is 17.6 Å². The highest BCUT2D eigenvalue weighted by Gasteiger charge is 2.38. The maximum absolute atomic E-state index is 5.61. The van der Waals surface area contributed by atoms with E-state index in [9.17, 15) is 0 Å². The molecule has 0 amide bonds. The number of rotatable bonds is 6. The molecule has 0 bridgehead atoms. The summed E-state index contributed by atoms with van der Waals surface area (Å²) in [5.41, 5.74) is 1.08. The molecule has 0 unspecified atom stereocenters. The summed E-state index contributed by atoms with van der Waals surface area (Å²) in [4.78, 5) is 12.7. The van der Waals surface area contributed by atoms with E-state index in [1.807, 2.05) is 24.6 Å². The van der Waals surface area contributed by atoms with Crippen molar-refractivity contribution in [3.8, 4) is 10.8 Å². The Morgan fingerprint density at radius 2 is 2.03 bits per heavy atom. The van der Waals surface area contributed by atoms with E-state index in [0.29, 0.717) is 12.4 Å². The Hall–Kier alpha value is -1.17. The molecule has 4 rings (SSSR count). The largest absolute Gasteiger partial charge is 0.443 e. The zero-order valence-electron chi connectivity index (χ0n) is 17.6. The first kappa shape index (κ1) is 23.5. The summed E-state index contributed by atoms with van der Waals surface area (Å²) in [5, 5.41) is 8.99. The molecule has 0 aromatic carbocycles. The zero-order chi connectivity index (χ0) is 19.9. The molecule has 0 radical (unpaired) electrons. The second kappa shape index (κ2) is 11.4. The molecular formula is C21H32IN5O2S. The average molecular weight is 545 g/mol. The lowest BCUT2D eigenvalue weighted by Gasteiger charge is -2.48. The lowest BCUT2D eigenvalue weighted by atomic mass is 9.80. The van der Waals surface area contributed by atoms with Crippen molar-refractivity contribution < 1.29 is 9.15 Å². The zero-order valence-corrected chi connectivity index (χ0v) is 20.7. The highest BCUT2D eigenvalue weighted by atomic mass is 127. The SMILES string of the molecule is CN=C(NCc1coc(-c2cccs2)n1)NCC1(N2CCOCC2)CCCCC1.I. The van der Waals surface area contributed by atoms with E-state index < -0.39 is 0 Å². The van der Waals surface area contributed by atoms with Crippen molar-refractivity contribution in [2.24, 2.45) is 4.99 Å². The van der Waals surface area contributed by atoms with Crippen LogP contribution in [0, 0.1) is 0 Å². The van der Waals surface area contributed by atoms with Gasteiger partial charge >= 0.3 is 0 Å². The number of morpholine rings is 1. The van der Waals surface area contributed by atoms with Crippen molar-refractivity contribution in [3.05, 3.63) is 29.5 Å². The van der Waals surface area contributed by atoms with Gasteiger partial charge in [-0.05, 0) is 24.3 Å². The third kappa shape index (κ3) is 5.74. The quantitative estimate of drug-likeness (QED) is 0.328. The van der Waals surface area contributed by atoms with Gasteiger partial charge in [-0.25, -0.2) is 4.98 Å². The van der Waals surface area contributed by atoms with Crippen LogP contribution in [-0.2, 0) is 11.3 Å². The van der Waals surface area contributed by atoms with E-state index in [-0.39, 0.29) is 29.5 Å². The van der Waals surface area contributed by atoms with E-state index >= 15 is 0 Å². The van der Waals surface area contributed by atoms with Crippen LogP contribution in [0.25, 0.3) is 10.8 Å². The molecule has 0 atom stereocenters. The molecule has 9 heteroatoms. The summed E-state index contributed by atoms with van der Waals surface area (Å²) in [6, 6.07) is 4.02. The fraction of sp³-hybridized carbons (Fsp3) is 0.619. The van der Waals surface area contributed by atoms with Crippen LogP contribution in [0.2, 0.25) is 0 Å². The number of hydrogen-bond donors (Lipinski definition) is 2. The minimum absolute atomic E-state index is 0. The van der Waals surface area contributed by atoms with E-state index in [0.717, 1.165) is 49.4 Å². The van der Waals surface area contributed by atoms with Gasteiger partial charge < -0.3 is 19.8 Å². The molecule has 1 saturated carbocycles. The molecule has 2 N–H and O–H groups in total. The molecule has 2 aliphatic rings. The first-order chi connectivity index (χ1) is 14.3. The second-order valence-electron chi connectivity index (χ2n) is 7.79. The Balaban J connectivity index is 0.00000256. The van der Waals surface area contributed by atoms with Gasteiger partial charge in [-0.3, -0.25) is 9.89 Å². The van der Waals surface area contributed by atoms with Crippen molar-refractivity contribution >= 4 is 41.3 Å². The molecule has 166 valence electrons. The first-order valence-corrected chi connectivity index (χ1v) is 11.4. The Morgan fingerprint density at radius 1 is 1.23 bits per heavy atom. The standard InChI is InChI=1S/C21H31N5O2S.HI/c1-22-20(23-14-17-15-28-19(25-17)18-6-5-13-29-18)24-16-21(7-3-2-4-8-21)26-9-11-27-12-10-26;/h5-6,13,15H,2-4,7-12,14,16H2,1H3,(H2,22,23,24);1H. The number of aromatic nitrogens is 1. The first-order valence-electron chi connectivity index (χ1n) is 10.5. The third-order valence-corrected chi connectivity index (χ3v) is 6.85. The van der Waals surface area contributed by atoms with Crippen molar-refractivity contribution in [3.63, 3.8) is 0 Å². The van der Waals surface area contributed by atoms with Gasteiger partial charge in [0, 0.05) is 32.2 Å². The number of oxazole rings is 1. The fourth-order valence-electron chi connectivity index (χ4n) is 4.40. The highest BCUT2D eigenvalue weighted by molar-refractivity contribution is 14.0. The third-order valence-electron chi connectivity index (χ3n) is 6.00. The Morgan fingerprint density at radius 3 is 2.73 bits per heavy atom. The lowest BCUT2D eigenvalue weighted by molar-refractivity contribution is -0.0352. The smallest absolute Gasteiger partial charge is 0.236 e. The summed E-state index contributed by atoms with van der Waals surface area (Å²) < 4.78 is 11.2. The Bertz CT molecular complexity index is 783. The molecule has 30 heavy (non-hydrogen) atoms. The van der Waals surface area contributed by atoms with Gasteiger partial charge in [0.05, 0.1) is 30.3 Å². The second-order valence-corrected chi connectivity index (χ2v) is 8.73. The van der Waals surface area contributed by atoms with Crippen LogP contribution in [0.4, 0.5) is 0 Å². The van der Waals surface area contributed by atoms with Crippen LogP contribution in [0.5, 0.6) is 0 Å². The number of aliphatic imine (C=N–C) groups is 1. The number of ether oxygens (including phenoxy) is 1. The summed E-state index contributed by atoms with van der Waals surface area (Å²) in [6.07, 6.45) is 8.14. The highest BCUT2D eigenvalue weighted by Crippen LogP contribution is 2.33. The number of nitrogens with zero attached hydrogens (tertiary/aromatic N) is 3. The van der Waals surface area contributed by atoms with Gasteiger partial charge in [0.25, 0.3) is 0 Å². The van der Waals surface area contributed by atoms with Crippen LogP contribution in [0.15, 0.2) is 33.2 Å². The summed E-state index contributed by atoms with van der Waals surface area (Å²) in [7, 11) is 1.82. The van der Waals surface area contributed by atoms with E-state index in [4.69, 9.17) is 9.15 Å². The van der Waals surface area contributed by atoms with Crippen molar-refractivity contribution in [1.29, 1.82) is 0 Å². The van der Waals surface area contributed by atoms with E-state index in [1.165, 1.54) is 32.1 Å². The number of guanidine groups is 1. The van der Waals surface area contributed by atoms with Crippen LogP contribution < -0.4 is 10.6 Å². The van der Waals surface area contributed by atoms with Crippen LogP contribution >= 0.6 is 35.3 Å². The Kier molecular flexibility index (Phi) is 8.97. The maximum atomic E-state index is 5.61. The maximum Gasteiger partial charge on any atom is 0.236 e. The van der Waals surface area contributed by atoms with Crippen molar-refractivity contribution in [2.75, 3.05) is 39.9 Å². The van der Waals surface area contributed by atoms with Gasteiger partial charge in [-0.1, -0.05) is 25.3 Å². The molecule has 3 heterocycles. The minimum atomic E-state index is 0. The van der Waals surface area contributed by atoms with Crippen LogP contribution in [0.3, 0.4) is 0 Å².